The zero-order chi connectivity index (χ0) is 21.8. The van der Waals surface area contributed by atoms with Crippen molar-refractivity contribution in [2.24, 2.45) is 0 Å². The Labute approximate surface area is 185 Å². The van der Waals surface area contributed by atoms with Crippen LogP contribution in [0.5, 0.6) is 0 Å². The molecule has 0 spiro atoms. The van der Waals surface area contributed by atoms with E-state index in [1.807, 2.05) is 35.2 Å². The Morgan fingerprint density at radius 2 is 1.90 bits per heavy atom. The molecule has 2 atom stereocenters. The Hall–Kier alpha value is -2.75. The van der Waals surface area contributed by atoms with Gasteiger partial charge < -0.3 is 9.64 Å². The minimum Gasteiger partial charge on any atom is -0.444 e. The van der Waals surface area contributed by atoms with Crippen LogP contribution in [0.3, 0.4) is 0 Å². The predicted octanol–water partition coefficient (Wildman–Crippen LogP) is 5.86. The molecule has 1 amide bonds. The van der Waals surface area contributed by atoms with Gasteiger partial charge in [-0.05, 0) is 74.3 Å². The number of nitrogens with zero attached hydrogens (tertiary/aromatic N) is 2. The zero-order valence-corrected chi connectivity index (χ0v) is 18.9. The predicted molar refractivity (Wildman–Crippen MR) is 124 cm³/mol. The highest BCUT2D eigenvalue weighted by atomic mass is 16.6. The second-order valence-electron chi connectivity index (χ2n) is 9.51. The lowest BCUT2D eigenvalue weighted by atomic mass is 9.65. The van der Waals surface area contributed by atoms with E-state index < -0.39 is 5.66 Å². The fourth-order valence-corrected chi connectivity index (χ4v) is 6.77. The number of rotatable bonds is 2. The first-order valence-electron chi connectivity index (χ1n) is 11.4. The molecule has 0 N–H and O–H groups in total. The van der Waals surface area contributed by atoms with E-state index in [1.54, 1.807) is 0 Å². The van der Waals surface area contributed by atoms with Gasteiger partial charge in [0.1, 0.15) is 12.3 Å². The highest BCUT2D eigenvalue weighted by Gasteiger charge is 2.70. The van der Waals surface area contributed by atoms with Crippen molar-refractivity contribution in [3.8, 4) is 0 Å². The van der Waals surface area contributed by atoms with E-state index >= 15 is 0 Å². The third-order valence-corrected chi connectivity index (χ3v) is 7.93. The summed E-state index contributed by atoms with van der Waals surface area (Å²) < 4.78 is 5.87. The van der Waals surface area contributed by atoms with Gasteiger partial charge >= 0.3 is 6.09 Å². The van der Waals surface area contributed by atoms with Gasteiger partial charge in [-0.1, -0.05) is 48.6 Å². The maximum Gasteiger partial charge on any atom is 0.412 e. The lowest BCUT2D eigenvalue weighted by molar-refractivity contribution is 0.0510. The van der Waals surface area contributed by atoms with Crippen molar-refractivity contribution in [2.45, 2.75) is 63.6 Å². The van der Waals surface area contributed by atoms with E-state index in [1.165, 1.54) is 28.0 Å². The molecule has 2 fully saturated rings. The third-order valence-electron chi connectivity index (χ3n) is 7.93. The molecule has 2 aliphatic heterocycles. The van der Waals surface area contributed by atoms with Gasteiger partial charge in [0.2, 0.25) is 0 Å². The van der Waals surface area contributed by atoms with Crippen LogP contribution in [0.4, 0.5) is 10.5 Å². The minimum atomic E-state index is -0.435. The molecule has 2 aromatic rings. The van der Waals surface area contributed by atoms with Crippen LogP contribution in [0.1, 0.15) is 54.4 Å². The van der Waals surface area contributed by atoms with Gasteiger partial charge in [0.25, 0.3) is 0 Å². The molecule has 1 saturated heterocycles. The normalized spacial score (nSPS) is 26.9. The van der Waals surface area contributed by atoms with Gasteiger partial charge in [-0.3, -0.25) is 4.90 Å². The Balaban J connectivity index is 1.59. The number of likely N-dealkylation sites (tertiary alicyclic amines) is 1. The number of benzene rings is 2. The molecule has 0 bridgehead atoms. The summed E-state index contributed by atoms with van der Waals surface area (Å²) >= 11 is 0. The van der Waals surface area contributed by atoms with E-state index in [2.05, 4.69) is 44.5 Å². The summed E-state index contributed by atoms with van der Waals surface area (Å²) in [5, 5.41) is 0. The summed E-state index contributed by atoms with van der Waals surface area (Å²) in [6.45, 7) is 10.00. The first-order valence-corrected chi connectivity index (χ1v) is 11.4. The minimum absolute atomic E-state index is 0.213. The van der Waals surface area contributed by atoms with Gasteiger partial charge in [-0.2, -0.15) is 0 Å². The molecule has 0 unspecified atom stereocenters. The first-order chi connectivity index (χ1) is 14.9. The summed E-state index contributed by atoms with van der Waals surface area (Å²) in [4.78, 5) is 17.9. The van der Waals surface area contributed by atoms with Crippen LogP contribution in [-0.2, 0) is 16.8 Å². The molecule has 0 radical (unpaired) electrons. The molecule has 2 heterocycles. The molecule has 4 nitrogen and oxygen atoms in total. The number of ether oxygens (including phenoxy) is 1. The first kappa shape index (κ1) is 20.2. The molecule has 1 aliphatic carbocycles. The van der Waals surface area contributed by atoms with Gasteiger partial charge in [0, 0.05) is 19.3 Å². The molecule has 3 aliphatic rings. The number of likely N-dealkylation sites (N-methyl/N-ethyl adjacent to an activating group) is 1. The second kappa shape index (κ2) is 7.15. The van der Waals surface area contributed by atoms with E-state index in [0.717, 1.165) is 37.7 Å². The Morgan fingerprint density at radius 1 is 1.13 bits per heavy atom. The lowest BCUT2D eigenvalue weighted by Gasteiger charge is -2.49. The van der Waals surface area contributed by atoms with Crippen molar-refractivity contribution >= 4 is 11.8 Å². The van der Waals surface area contributed by atoms with Crippen molar-refractivity contribution in [1.82, 2.24) is 4.90 Å². The monoisotopic (exact) mass is 416 g/mol. The molecular weight excluding hydrogens is 384 g/mol. The largest absolute Gasteiger partial charge is 0.444 e. The number of fused-ring (bicyclic) bond motifs is 1. The van der Waals surface area contributed by atoms with Crippen molar-refractivity contribution in [3.05, 3.63) is 76.9 Å². The van der Waals surface area contributed by atoms with Gasteiger partial charge in [-0.15, -0.1) is 0 Å². The lowest BCUT2D eigenvalue weighted by Crippen LogP contribution is -2.63. The van der Waals surface area contributed by atoms with Gasteiger partial charge in [-0.25, -0.2) is 4.79 Å². The van der Waals surface area contributed by atoms with Crippen LogP contribution in [0, 0.1) is 13.8 Å². The standard InChI is InChI=1S/C27H32N2O2/c1-19-16-20(2)24-23(17-19)28(4)27-13-9-8-10-21(3)26(24,27)14-15-29(27)25(30)31-18-22-11-6-5-7-12-22/h5-7,11-12,16-17H,3,8-10,13-15,18H2,1-2,4H3/t26-,27+/m0/s1. The average Bonchev–Trinajstić information content (AvgIpc) is 3.14. The highest BCUT2D eigenvalue weighted by Crippen LogP contribution is 2.65. The summed E-state index contributed by atoms with van der Waals surface area (Å²) in [6.07, 6.45) is 4.87. The highest BCUT2D eigenvalue weighted by molar-refractivity contribution is 5.79. The number of carbonyl (C=O) groups is 1. The topological polar surface area (TPSA) is 32.8 Å². The van der Waals surface area contributed by atoms with Crippen molar-refractivity contribution in [1.29, 1.82) is 0 Å². The van der Waals surface area contributed by atoms with Crippen molar-refractivity contribution in [2.75, 3.05) is 18.5 Å². The van der Waals surface area contributed by atoms with E-state index in [4.69, 9.17) is 4.74 Å². The Bertz CT molecular complexity index is 1050. The molecule has 31 heavy (non-hydrogen) atoms. The van der Waals surface area contributed by atoms with E-state index in [0.29, 0.717) is 13.2 Å². The number of aryl methyl sites for hydroxylation is 2. The number of hydrogen-bond acceptors (Lipinski definition) is 3. The maximum atomic E-state index is 13.5. The van der Waals surface area contributed by atoms with Crippen LogP contribution in [0.15, 0.2) is 54.6 Å². The van der Waals surface area contributed by atoms with Crippen LogP contribution < -0.4 is 4.90 Å². The van der Waals surface area contributed by atoms with E-state index in [9.17, 15) is 4.79 Å². The smallest absolute Gasteiger partial charge is 0.412 e. The number of hydrogen-bond donors (Lipinski definition) is 0. The fourth-order valence-electron chi connectivity index (χ4n) is 6.77. The quantitative estimate of drug-likeness (QED) is 0.575. The zero-order valence-electron chi connectivity index (χ0n) is 18.9. The Morgan fingerprint density at radius 3 is 2.68 bits per heavy atom. The number of anilines is 1. The SMILES string of the molecule is C=C1CCCC[C@@]23N(C(=O)OCc4ccccc4)CC[C@@]12c1c(C)cc(C)cc1N3C. The molecule has 162 valence electrons. The molecule has 2 aromatic carbocycles. The average molecular weight is 417 g/mol. The summed E-state index contributed by atoms with van der Waals surface area (Å²) in [7, 11) is 2.17. The maximum absolute atomic E-state index is 13.5. The Kier molecular flexibility index (Phi) is 4.65. The summed E-state index contributed by atoms with van der Waals surface area (Å²) in [6, 6.07) is 14.5. The fraction of sp³-hybridized carbons (Fsp3) is 0.444. The molecule has 1 saturated carbocycles. The molecular formula is C27H32N2O2. The molecule has 5 rings (SSSR count). The van der Waals surface area contributed by atoms with Crippen LogP contribution in [0.2, 0.25) is 0 Å². The van der Waals surface area contributed by atoms with Crippen molar-refractivity contribution in [3.63, 3.8) is 0 Å². The summed E-state index contributed by atoms with van der Waals surface area (Å²) in [5.74, 6) is 0. The van der Waals surface area contributed by atoms with E-state index in [-0.39, 0.29) is 11.5 Å². The van der Waals surface area contributed by atoms with Crippen LogP contribution in [0.25, 0.3) is 0 Å². The number of amides is 1. The van der Waals surface area contributed by atoms with Crippen LogP contribution >= 0.6 is 0 Å². The van der Waals surface area contributed by atoms with Gasteiger partial charge in [0.05, 0.1) is 5.41 Å². The summed E-state index contributed by atoms with van der Waals surface area (Å²) in [5.41, 5.74) is 6.83. The van der Waals surface area contributed by atoms with Crippen LogP contribution in [-0.4, -0.2) is 30.2 Å². The molecule has 0 aromatic heterocycles. The van der Waals surface area contributed by atoms with Crippen molar-refractivity contribution < 1.29 is 9.53 Å². The third kappa shape index (κ3) is 2.63. The molecule has 4 heteroatoms. The number of carbonyl (C=O) groups excluding carboxylic acids is 1. The van der Waals surface area contributed by atoms with Gasteiger partial charge in [0.15, 0.2) is 0 Å². The second-order valence-corrected chi connectivity index (χ2v) is 9.51.